The highest BCUT2D eigenvalue weighted by Gasteiger charge is 2.31. The van der Waals surface area contributed by atoms with Crippen LogP contribution in [0.3, 0.4) is 0 Å². The minimum atomic E-state index is -1.47. The lowest BCUT2D eigenvalue weighted by atomic mass is 9.97. The Morgan fingerprint density at radius 1 is 0.857 bits per heavy atom. The first-order chi connectivity index (χ1) is 13.0. The number of aliphatic hydroxyl groups excluding tert-OH is 1. The van der Waals surface area contributed by atoms with Crippen LogP contribution in [-0.2, 0) is 19.2 Å². The van der Waals surface area contributed by atoms with Gasteiger partial charge in [0.1, 0.15) is 18.1 Å². The number of rotatable bonds is 12. The van der Waals surface area contributed by atoms with Gasteiger partial charge in [-0.3, -0.25) is 14.4 Å². The van der Waals surface area contributed by atoms with Gasteiger partial charge < -0.3 is 31.9 Å². The summed E-state index contributed by atoms with van der Waals surface area (Å²) in [6.45, 7) is 7.96. The van der Waals surface area contributed by atoms with Gasteiger partial charge in [0.2, 0.25) is 17.7 Å². The Morgan fingerprint density at radius 2 is 1.39 bits per heavy atom. The molecule has 0 aliphatic heterocycles. The van der Waals surface area contributed by atoms with Gasteiger partial charge >= 0.3 is 5.97 Å². The first-order valence-corrected chi connectivity index (χ1v) is 9.50. The fraction of sp³-hybridized carbons (Fsp3) is 0.778. The second-order valence-electron chi connectivity index (χ2n) is 7.10. The molecular weight excluding hydrogens is 368 g/mol. The summed E-state index contributed by atoms with van der Waals surface area (Å²) in [5.74, 6) is -3.53. The Hall–Kier alpha value is -2.20. The summed E-state index contributed by atoms with van der Waals surface area (Å²) in [6, 6.07) is -4.18. The number of hydrogen-bond acceptors (Lipinski definition) is 6. The van der Waals surface area contributed by atoms with E-state index in [0.717, 1.165) is 0 Å². The van der Waals surface area contributed by atoms with E-state index in [4.69, 9.17) is 15.9 Å². The zero-order valence-corrected chi connectivity index (χ0v) is 17.2. The number of hydrogen-bond donors (Lipinski definition) is 6. The summed E-state index contributed by atoms with van der Waals surface area (Å²) in [4.78, 5) is 48.0. The molecule has 0 saturated carbocycles. The van der Waals surface area contributed by atoms with Crippen LogP contribution < -0.4 is 21.7 Å². The third-order valence-corrected chi connectivity index (χ3v) is 4.90. The first kappa shape index (κ1) is 25.8. The summed E-state index contributed by atoms with van der Waals surface area (Å²) in [6.07, 6.45) is 1.25. The third kappa shape index (κ3) is 7.81. The zero-order chi connectivity index (χ0) is 22.0. The summed E-state index contributed by atoms with van der Waals surface area (Å²) >= 11 is 0. The van der Waals surface area contributed by atoms with Crippen LogP contribution in [0.2, 0.25) is 0 Å². The predicted octanol–water partition coefficient (Wildman–Crippen LogP) is -1.04. The van der Waals surface area contributed by atoms with Gasteiger partial charge in [-0.1, -0.05) is 40.5 Å². The Bertz CT molecular complexity index is 556. The van der Waals surface area contributed by atoms with Crippen LogP contribution in [0.1, 0.15) is 47.5 Å². The van der Waals surface area contributed by atoms with Crippen molar-refractivity contribution >= 4 is 23.7 Å². The molecule has 162 valence electrons. The molecule has 10 heteroatoms. The summed E-state index contributed by atoms with van der Waals surface area (Å²) in [5.41, 5.74) is 5.85. The minimum Gasteiger partial charge on any atom is -0.480 e. The molecule has 0 aromatic carbocycles. The summed E-state index contributed by atoms with van der Waals surface area (Å²) < 4.78 is 0. The van der Waals surface area contributed by atoms with E-state index in [1.807, 2.05) is 20.8 Å². The highest BCUT2D eigenvalue weighted by atomic mass is 16.4. The lowest BCUT2D eigenvalue weighted by Crippen LogP contribution is -2.58. The number of carboxylic acids is 1. The SMILES string of the molecule is CCC(C)C(N)C(=O)NC(C)C(=O)NC(C(=O)NC(CO)C(=O)O)C(C)CC. The van der Waals surface area contributed by atoms with Crippen molar-refractivity contribution in [1.29, 1.82) is 0 Å². The highest BCUT2D eigenvalue weighted by molar-refractivity contribution is 5.94. The maximum atomic E-state index is 12.5. The van der Waals surface area contributed by atoms with E-state index in [-0.39, 0.29) is 11.8 Å². The van der Waals surface area contributed by atoms with Crippen molar-refractivity contribution in [2.45, 2.75) is 71.6 Å². The average molecular weight is 402 g/mol. The molecule has 0 saturated heterocycles. The number of nitrogens with one attached hydrogen (secondary N) is 3. The number of amides is 3. The Kier molecular flexibility index (Phi) is 11.3. The van der Waals surface area contributed by atoms with Gasteiger partial charge in [-0.25, -0.2) is 4.79 Å². The highest BCUT2D eigenvalue weighted by Crippen LogP contribution is 2.09. The summed E-state index contributed by atoms with van der Waals surface area (Å²) in [5, 5.41) is 25.3. The number of aliphatic hydroxyl groups is 1. The van der Waals surface area contributed by atoms with Crippen molar-refractivity contribution in [2.75, 3.05) is 6.61 Å². The molecule has 6 unspecified atom stereocenters. The molecule has 0 rings (SSSR count). The van der Waals surface area contributed by atoms with Crippen LogP contribution in [0.25, 0.3) is 0 Å². The lowest BCUT2D eigenvalue weighted by Gasteiger charge is -2.27. The van der Waals surface area contributed by atoms with Crippen LogP contribution >= 0.6 is 0 Å². The van der Waals surface area contributed by atoms with Crippen LogP contribution in [0.15, 0.2) is 0 Å². The summed E-state index contributed by atoms with van der Waals surface area (Å²) in [7, 11) is 0. The van der Waals surface area contributed by atoms with Crippen LogP contribution in [0, 0.1) is 11.8 Å². The third-order valence-electron chi connectivity index (χ3n) is 4.90. The van der Waals surface area contributed by atoms with E-state index in [1.165, 1.54) is 6.92 Å². The van der Waals surface area contributed by atoms with E-state index in [2.05, 4.69) is 16.0 Å². The second-order valence-corrected chi connectivity index (χ2v) is 7.10. The van der Waals surface area contributed by atoms with Crippen molar-refractivity contribution < 1.29 is 29.4 Å². The van der Waals surface area contributed by atoms with Gasteiger partial charge in [0, 0.05) is 0 Å². The van der Waals surface area contributed by atoms with Crippen molar-refractivity contribution in [3.8, 4) is 0 Å². The Balaban J connectivity index is 5.08. The smallest absolute Gasteiger partial charge is 0.328 e. The fourth-order valence-corrected chi connectivity index (χ4v) is 2.31. The molecule has 28 heavy (non-hydrogen) atoms. The van der Waals surface area contributed by atoms with Gasteiger partial charge in [-0.2, -0.15) is 0 Å². The van der Waals surface area contributed by atoms with Crippen molar-refractivity contribution in [3.05, 3.63) is 0 Å². The number of carboxylic acid groups (broad SMARTS) is 1. The normalized spacial score (nSPS) is 17.4. The van der Waals surface area contributed by atoms with Crippen LogP contribution in [0.4, 0.5) is 0 Å². The number of nitrogens with two attached hydrogens (primary N) is 1. The van der Waals surface area contributed by atoms with E-state index >= 15 is 0 Å². The molecule has 10 nitrogen and oxygen atoms in total. The maximum Gasteiger partial charge on any atom is 0.328 e. The quantitative estimate of drug-likeness (QED) is 0.242. The maximum absolute atomic E-state index is 12.5. The molecular formula is C18H34N4O6. The first-order valence-electron chi connectivity index (χ1n) is 9.50. The van der Waals surface area contributed by atoms with Crippen molar-refractivity contribution in [1.82, 2.24) is 16.0 Å². The van der Waals surface area contributed by atoms with E-state index in [1.54, 1.807) is 6.92 Å². The van der Waals surface area contributed by atoms with Crippen LogP contribution in [-0.4, -0.2) is 64.7 Å². The van der Waals surface area contributed by atoms with E-state index in [9.17, 15) is 19.2 Å². The molecule has 0 fully saturated rings. The minimum absolute atomic E-state index is 0.0552. The molecule has 6 atom stereocenters. The molecule has 0 aliphatic rings. The zero-order valence-electron chi connectivity index (χ0n) is 17.2. The molecule has 0 spiro atoms. The van der Waals surface area contributed by atoms with Crippen molar-refractivity contribution in [2.24, 2.45) is 17.6 Å². The Labute approximate surface area is 165 Å². The molecule has 3 amide bonds. The van der Waals surface area contributed by atoms with Gasteiger partial charge in [0.15, 0.2) is 0 Å². The lowest BCUT2D eigenvalue weighted by molar-refractivity contribution is -0.143. The predicted molar refractivity (Wildman–Crippen MR) is 103 cm³/mol. The fourth-order valence-electron chi connectivity index (χ4n) is 2.31. The molecule has 0 heterocycles. The largest absolute Gasteiger partial charge is 0.480 e. The molecule has 0 aromatic heterocycles. The van der Waals surface area contributed by atoms with E-state index < -0.39 is 54.5 Å². The standard InChI is InChI=1S/C18H34N4O6/c1-6-9(3)13(19)16(25)20-11(5)15(24)22-14(10(4)7-2)17(26)21-12(8-23)18(27)28/h9-14,23H,6-8,19H2,1-5H3,(H,20,25)(H,21,26)(H,22,24)(H,27,28). The number of carbonyl (C=O) groups is 4. The van der Waals surface area contributed by atoms with Gasteiger partial charge in [-0.05, 0) is 18.8 Å². The van der Waals surface area contributed by atoms with Gasteiger partial charge in [0.05, 0.1) is 12.6 Å². The number of carbonyl (C=O) groups excluding carboxylic acids is 3. The Morgan fingerprint density at radius 3 is 1.82 bits per heavy atom. The second kappa shape index (κ2) is 12.3. The van der Waals surface area contributed by atoms with Crippen molar-refractivity contribution in [3.63, 3.8) is 0 Å². The average Bonchev–Trinajstić information content (AvgIpc) is 2.67. The van der Waals surface area contributed by atoms with Gasteiger partial charge in [-0.15, -0.1) is 0 Å². The molecule has 0 aromatic rings. The molecule has 0 aliphatic carbocycles. The number of aliphatic carboxylic acids is 1. The van der Waals surface area contributed by atoms with Gasteiger partial charge in [0.25, 0.3) is 0 Å². The van der Waals surface area contributed by atoms with Crippen LogP contribution in [0.5, 0.6) is 0 Å². The van der Waals surface area contributed by atoms with E-state index in [0.29, 0.717) is 12.8 Å². The molecule has 0 bridgehead atoms. The molecule has 0 radical (unpaired) electrons. The topological polar surface area (TPSA) is 171 Å². The monoisotopic (exact) mass is 402 g/mol. The molecule has 7 N–H and O–H groups in total.